The van der Waals surface area contributed by atoms with Crippen molar-refractivity contribution in [1.82, 2.24) is 0 Å². The van der Waals surface area contributed by atoms with Crippen LogP contribution in [0.25, 0.3) is 0 Å². The maximum atomic E-state index is 12.6. The van der Waals surface area contributed by atoms with E-state index in [1.165, 1.54) is 38.3 Å². The van der Waals surface area contributed by atoms with Gasteiger partial charge in [-0.3, -0.25) is 9.52 Å². The molecule has 2 aromatic carbocycles. The molecule has 0 bridgehead atoms. The molecule has 1 saturated heterocycles. The van der Waals surface area contributed by atoms with E-state index in [0.29, 0.717) is 5.75 Å². The molecule has 0 radical (unpaired) electrons. The largest absolute Gasteiger partial charge is 0.495 e. The Hall–Kier alpha value is -2.59. The Balaban J connectivity index is 1.90. The van der Waals surface area contributed by atoms with E-state index in [2.05, 4.69) is 4.72 Å². The second kappa shape index (κ2) is 6.86. The van der Waals surface area contributed by atoms with Crippen molar-refractivity contribution in [3.05, 3.63) is 48.5 Å². The normalized spacial score (nSPS) is 19.1. The average Bonchev–Trinajstić information content (AvgIpc) is 2.82. The number of nitrogens with zero attached hydrogens (tertiary/aromatic N) is 1. The number of hydrogen-bond donors (Lipinski definition) is 1. The predicted molar refractivity (Wildman–Crippen MR) is 101 cm³/mol. The van der Waals surface area contributed by atoms with E-state index in [1.807, 2.05) is 0 Å². The molecular formula is C17H18N2O6S2. The third kappa shape index (κ3) is 3.62. The highest BCUT2D eigenvalue weighted by molar-refractivity contribution is 7.94. The van der Waals surface area contributed by atoms with Crippen molar-refractivity contribution in [2.75, 3.05) is 21.9 Å². The zero-order valence-electron chi connectivity index (χ0n) is 14.6. The van der Waals surface area contributed by atoms with Crippen LogP contribution in [0.15, 0.2) is 53.4 Å². The minimum absolute atomic E-state index is 0.0748. The lowest BCUT2D eigenvalue weighted by Gasteiger charge is -2.16. The molecule has 1 heterocycles. The van der Waals surface area contributed by atoms with Gasteiger partial charge in [-0.05, 0) is 36.4 Å². The van der Waals surface area contributed by atoms with Crippen molar-refractivity contribution in [2.24, 2.45) is 5.92 Å². The highest BCUT2D eigenvalue weighted by atomic mass is 32.2. The van der Waals surface area contributed by atoms with Gasteiger partial charge in [-0.2, -0.15) is 0 Å². The molecule has 0 unspecified atom stereocenters. The van der Waals surface area contributed by atoms with Gasteiger partial charge in [-0.15, -0.1) is 0 Å². The lowest BCUT2D eigenvalue weighted by Crippen LogP contribution is -2.30. The van der Waals surface area contributed by atoms with E-state index in [1.54, 1.807) is 24.3 Å². The summed E-state index contributed by atoms with van der Waals surface area (Å²) in [5.41, 5.74) is 0.385. The first-order valence-electron chi connectivity index (χ1n) is 7.98. The van der Waals surface area contributed by atoms with Crippen molar-refractivity contribution in [2.45, 2.75) is 11.8 Å². The molecule has 8 nitrogen and oxygen atoms in total. The lowest BCUT2D eigenvalue weighted by atomic mass is 10.2. The quantitative estimate of drug-likeness (QED) is 0.805. The number of anilines is 2. The second-order valence-corrected chi connectivity index (χ2v) is 9.63. The minimum atomic E-state index is -3.92. The van der Waals surface area contributed by atoms with Gasteiger partial charge in [-0.25, -0.2) is 21.1 Å². The second-order valence-electron chi connectivity index (χ2n) is 6.08. The summed E-state index contributed by atoms with van der Waals surface area (Å²) >= 11 is 0. The number of carbonyl (C=O) groups excluding carboxylic acids is 1. The van der Waals surface area contributed by atoms with Crippen LogP contribution in [-0.4, -0.2) is 35.6 Å². The molecule has 2 aromatic rings. The van der Waals surface area contributed by atoms with Gasteiger partial charge in [0.15, 0.2) is 0 Å². The summed E-state index contributed by atoms with van der Waals surface area (Å²) < 4.78 is 57.7. The minimum Gasteiger partial charge on any atom is -0.495 e. The number of ether oxygens (including phenoxy) is 1. The number of para-hydroxylation sites is 2. The van der Waals surface area contributed by atoms with Crippen molar-refractivity contribution in [3.63, 3.8) is 0 Å². The van der Waals surface area contributed by atoms with Gasteiger partial charge in [0, 0.05) is 0 Å². The molecule has 1 N–H and O–H groups in total. The first kappa shape index (κ1) is 19.2. The molecule has 0 aromatic heterocycles. The van der Waals surface area contributed by atoms with E-state index in [0.717, 1.165) is 4.31 Å². The molecule has 1 fully saturated rings. The zero-order valence-corrected chi connectivity index (χ0v) is 16.2. The van der Waals surface area contributed by atoms with Crippen LogP contribution >= 0.6 is 0 Å². The first-order valence-corrected chi connectivity index (χ1v) is 11.1. The Bertz CT molecular complexity index is 1080. The average molecular weight is 410 g/mol. The summed E-state index contributed by atoms with van der Waals surface area (Å²) in [4.78, 5) is 12.0. The fraction of sp³-hybridized carbons (Fsp3) is 0.235. The van der Waals surface area contributed by atoms with Crippen molar-refractivity contribution >= 4 is 37.3 Å². The smallest absolute Gasteiger partial charge is 0.262 e. The van der Waals surface area contributed by atoms with Gasteiger partial charge >= 0.3 is 0 Å². The molecule has 1 aliphatic heterocycles. The predicted octanol–water partition coefficient (Wildman–Crippen LogP) is 1.81. The first-order chi connectivity index (χ1) is 12.7. The molecule has 27 heavy (non-hydrogen) atoms. The van der Waals surface area contributed by atoms with Gasteiger partial charge in [0.2, 0.25) is 15.9 Å². The SMILES string of the molecule is COc1ccccc1NS(=O)(=O)c1ccc(N2C(=O)[C@H](C)CS2(=O)=O)cc1. The molecule has 0 spiro atoms. The third-order valence-corrected chi connectivity index (χ3v) is 7.34. The number of hydrogen-bond acceptors (Lipinski definition) is 6. The van der Waals surface area contributed by atoms with Crippen LogP contribution in [0.3, 0.4) is 0 Å². The Kier molecular flexibility index (Phi) is 4.87. The molecule has 10 heteroatoms. The standard InChI is InChI=1S/C17H18N2O6S2/c1-12-11-26(21,22)19(17(12)20)13-7-9-14(10-8-13)27(23,24)18-15-5-3-4-6-16(15)25-2/h3-10,12,18H,11H2,1-2H3/t12-/m1/s1. The number of benzene rings is 2. The zero-order chi connectivity index (χ0) is 19.8. The monoisotopic (exact) mass is 410 g/mol. The van der Waals surface area contributed by atoms with Gasteiger partial charge in [0.1, 0.15) is 5.75 Å². The van der Waals surface area contributed by atoms with Crippen LogP contribution in [0, 0.1) is 5.92 Å². The molecule has 0 saturated carbocycles. The van der Waals surface area contributed by atoms with Gasteiger partial charge in [0.25, 0.3) is 10.0 Å². The van der Waals surface area contributed by atoms with Crippen molar-refractivity contribution in [1.29, 1.82) is 0 Å². The van der Waals surface area contributed by atoms with E-state index in [9.17, 15) is 21.6 Å². The summed E-state index contributed by atoms with van der Waals surface area (Å²) in [6, 6.07) is 11.6. The molecule has 0 aliphatic carbocycles. The summed E-state index contributed by atoms with van der Waals surface area (Å²) in [6.45, 7) is 1.54. The van der Waals surface area contributed by atoms with Gasteiger partial charge < -0.3 is 4.74 Å². The number of methoxy groups -OCH3 is 1. The number of carbonyl (C=O) groups is 1. The fourth-order valence-electron chi connectivity index (χ4n) is 2.78. The molecule has 1 aliphatic rings. The van der Waals surface area contributed by atoms with Crippen LogP contribution in [0.4, 0.5) is 11.4 Å². The summed E-state index contributed by atoms with van der Waals surface area (Å²) in [5, 5.41) is 0. The van der Waals surface area contributed by atoms with E-state index in [4.69, 9.17) is 4.74 Å². The Morgan fingerprint density at radius 2 is 1.74 bits per heavy atom. The van der Waals surface area contributed by atoms with Crippen LogP contribution in [0.1, 0.15) is 6.92 Å². The third-order valence-electron chi connectivity index (χ3n) is 4.09. The van der Waals surface area contributed by atoms with Crippen LogP contribution < -0.4 is 13.8 Å². The Morgan fingerprint density at radius 3 is 2.30 bits per heavy atom. The van der Waals surface area contributed by atoms with Crippen LogP contribution in [0.2, 0.25) is 0 Å². The number of sulfonamides is 2. The van der Waals surface area contributed by atoms with E-state index in [-0.39, 0.29) is 22.0 Å². The van der Waals surface area contributed by atoms with E-state index >= 15 is 0 Å². The van der Waals surface area contributed by atoms with Gasteiger partial charge in [-0.1, -0.05) is 19.1 Å². The van der Waals surface area contributed by atoms with Crippen LogP contribution in [-0.2, 0) is 24.8 Å². The molecule has 3 rings (SSSR count). The maximum absolute atomic E-state index is 12.6. The summed E-state index contributed by atoms with van der Waals surface area (Å²) in [5.74, 6) is -1.06. The maximum Gasteiger partial charge on any atom is 0.262 e. The Labute approximate surface area is 157 Å². The number of nitrogens with one attached hydrogen (secondary N) is 1. The number of amides is 1. The lowest BCUT2D eigenvalue weighted by molar-refractivity contribution is -0.119. The van der Waals surface area contributed by atoms with E-state index < -0.39 is 31.9 Å². The molecule has 1 amide bonds. The molecule has 1 atom stereocenters. The van der Waals surface area contributed by atoms with Crippen molar-refractivity contribution in [3.8, 4) is 5.75 Å². The van der Waals surface area contributed by atoms with Crippen molar-refractivity contribution < 1.29 is 26.4 Å². The number of rotatable bonds is 5. The topological polar surface area (TPSA) is 110 Å². The summed E-state index contributed by atoms with van der Waals surface area (Å²) in [6.07, 6.45) is 0. The fourth-order valence-corrected chi connectivity index (χ4v) is 5.67. The summed E-state index contributed by atoms with van der Waals surface area (Å²) in [7, 11) is -6.24. The van der Waals surface area contributed by atoms with Crippen LogP contribution in [0.5, 0.6) is 5.75 Å². The Morgan fingerprint density at radius 1 is 1.11 bits per heavy atom. The molecular weight excluding hydrogens is 392 g/mol. The highest BCUT2D eigenvalue weighted by Crippen LogP contribution is 2.30. The van der Waals surface area contributed by atoms with Gasteiger partial charge in [0.05, 0.1) is 35.1 Å². The molecule has 144 valence electrons. The highest BCUT2D eigenvalue weighted by Gasteiger charge is 2.41.